The van der Waals surface area contributed by atoms with Gasteiger partial charge in [-0.05, 0) is 81.5 Å². The fraction of sp³-hybridized carbons (Fsp3) is 0.917. The predicted molar refractivity (Wildman–Crippen MR) is 108 cm³/mol. The van der Waals surface area contributed by atoms with Gasteiger partial charge in [-0.1, -0.05) is 51.7 Å². The third-order valence-electron chi connectivity index (χ3n) is 7.59. The monoisotopic (exact) mass is 346 g/mol. The van der Waals surface area contributed by atoms with Crippen molar-refractivity contribution in [2.75, 3.05) is 6.61 Å². The quantitative estimate of drug-likeness (QED) is 0.463. The van der Waals surface area contributed by atoms with Gasteiger partial charge < -0.3 is 4.74 Å². The largest absolute Gasteiger partial charge is 0.378 e. The van der Waals surface area contributed by atoms with E-state index in [1.54, 1.807) is 0 Å². The number of ether oxygens (including phenoxy) is 1. The van der Waals surface area contributed by atoms with Crippen LogP contribution in [0.15, 0.2) is 12.2 Å². The SMILES string of the molecule is CCCC1CCC(C2CCC(C=CC3CCC(CC)OC3)CC2)CC1. The third kappa shape index (κ3) is 5.84. The standard InChI is InChI=1S/C24H42O/c1-3-5-19-8-13-22(14-9-19)23-15-10-20(11-16-23)6-7-21-12-17-24(4-2)25-18-21/h6-7,19-24H,3-5,8-18H2,1-2H3. The van der Waals surface area contributed by atoms with Gasteiger partial charge in [-0.25, -0.2) is 0 Å². The molecular formula is C24H42O. The van der Waals surface area contributed by atoms with E-state index in [9.17, 15) is 0 Å². The summed E-state index contributed by atoms with van der Waals surface area (Å²) < 4.78 is 5.95. The second-order valence-electron chi connectivity index (χ2n) is 9.33. The van der Waals surface area contributed by atoms with Gasteiger partial charge in [0.15, 0.2) is 0 Å². The van der Waals surface area contributed by atoms with E-state index >= 15 is 0 Å². The fourth-order valence-electron chi connectivity index (χ4n) is 5.78. The first-order valence-corrected chi connectivity index (χ1v) is 11.6. The Morgan fingerprint density at radius 3 is 1.88 bits per heavy atom. The molecule has 0 bridgehead atoms. The van der Waals surface area contributed by atoms with Crippen LogP contribution in [0.4, 0.5) is 0 Å². The van der Waals surface area contributed by atoms with Gasteiger partial charge in [0.2, 0.25) is 0 Å². The third-order valence-corrected chi connectivity index (χ3v) is 7.59. The molecule has 3 rings (SSSR count). The van der Waals surface area contributed by atoms with Crippen LogP contribution in [-0.4, -0.2) is 12.7 Å². The first kappa shape index (κ1) is 19.5. The van der Waals surface area contributed by atoms with Crippen molar-refractivity contribution in [3.05, 3.63) is 12.2 Å². The number of rotatable bonds is 6. The Kier molecular flexibility index (Phi) is 7.90. The van der Waals surface area contributed by atoms with E-state index in [0.717, 1.165) is 30.3 Å². The molecule has 1 aliphatic heterocycles. The second kappa shape index (κ2) is 10.1. The summed E-state index contributed by atoms with van der Waals surface area (Å²) >= 11 is 0. The van der Waals surface area contributed by atoms with Gasteiger partial charge in [-0.3, -0.25) is 0 Å². The van der Waals surface area contributed by atoms with E-state index in [2.05, 4.69) is 26.0 Å². The normalized spacial score (nSPS) is 40.4. The molecule has 2 atom stereocenters. The maximum atomic E-state index is 5.95. The average molecular weight is 347 g/mol. The Labute approximate surface area is 157 Å². The molecule has 0 spiro atoms. The van der Waals surface area contributed by atoms with Crippen LogP contribution in [0.2, 0.25) is 0 Å². The molecule has 0 aromatic heterocycles. The van der Waals surface area contributed by atoms with Gasteiger partial charge in [0, 0.05) is 5.92 Å². The Balaban J connectivity index is 1.34. The molecule has 144 valence electrons. The lowest BCUT2D eigenvalue weighted by molar-refractivity contribution is -0.00552. The minimum Gasteiger partial charge on any atom is -0.378 e. The minimum absolute atomic E-state index is 0.535. The first-order valence-electron chi connectivity index (χ1n) is 11.6. The summed E-state index contributed by atoms with van der Waals surface area (Å²) in [5, 5.41) is 0. The molecule has 0 amide bonds. The van der Waals surface area contributed by atoms with Crippen LogP contribution in [0.1, 0.15) is 97.3 Å². The van der Waals surface area contributed by atoms with E-state index in [0.29, 0.717) is 12.0 Å². The summed E-state index contributed by atoms with van der Waals surface area (Å²) in [6.45, 7) is 5.56. The van der Waals surface area contributed by atoms with Crippen LogP contribution in [0.3, 0.4) is 0 Å². The van der Waals surface area contributed by atoms with Gasteiger partial charge in [0.05, 0.1) is 12.7 Å². The summed E-state index contributed by atoms with van der Waals surface area (Å²) in [4.78, 5) is 0. The summed E-state index contributed by atoms with van der Waals surface area (Å²) in [6.07, 6.45) is 24.3. The van der Waals surface area contributed by atoms with Crippen LogP contribution in [0, 0.1) is 29.6 Å². The molecule has 0 aromatic rings. The molecule has 25 heavy (non-hydrogen) atoms. The Hall–Kier alpha value is -0.300. The molecule has 2 aliphatic carbocycles. The molecule has 0 N–H and O–H groups in total. The second-order valence-corrected chi connectivity index (χ2v) is 9.33. The topological polar surface area (TPSA) is 9.23 Å². The van der Waals surface area contributed by atoms with Crippen molar-refractivity contribution in [3.63, 3.8) is 0 Å². The van der Waals surface area contributed by atoms with Gasteiger partial charge >= 0.3 is 0 Å². The minimum atomic E-state index is 0.535. The van der Waals surface area contributed by atoms with E-state index in [1.807, 2.05) is 0 Å². The maximum absolute atomic E-state index is 5.95. The highest BCUT2D eigenvalue weighted by molar-refractivity contribution is 4.96. The fourth-order valence-corrected chi connectivity index (χ4v) is 5.78. The summed E-state index contributed by atoms with van der Waals surface area (Å²) in [7, 11) is 0. The van der Waals surface area contributed by atoms with Crippen molar-refractivity contribution in [1.82, 2.24) is 0 Å². The van der Waals surface area contributed by atoms with Crippen molar-refractivity contribution >= 4 is 0 Å². The lowest BCUT2D eigenvalue weighted by atomic mass is 9.68. The molecule has 0 aromatic carbocycles. The Bertz CT molecular complexity index is 377. The average Bonchev–Trinajstić information content (AvgIpc) is 2.68. The molecule has 3 fully saturated rings. The highest BCUT2D eigenvalue weighted by atomic mass is 16.5. The molecule has 2 unspecified atom stereocenters. The molecule has 3 aliphatic rings. The molecule has 2 saturated carbocycles. The van der Waals surface area contributed by atoms with E-state index in [1.165, 1.54) is 83.5 Å². The van der Waals surface area contributed by atoms with E-state index in [4.69, 9.17) is 4.74 Å². The Morgan fingerprint density at radius 1 is 0.720 bits per heavy atom. The van der Waals surface area contributed by atoms with Gasteiger partial charge in [-0.15, -0.1) is 0 Å². The van der Waals surface area contributed by atoms with Crippen molar-refractivity contribution in [2.45, 2.75) is 103 Å². The number of hydrogen-bond donors (Lipinski definition) is 0. The van der Waals surface area contributed by atoms with Crippen molar-refractivity contribution < 1.29 is 4.74 Å². The van der Waals surface area contributed by atoms with E-state index in [-0.39, 0.29) is 0 Å². The molecule has 1 heterocycles. The lowest BCUT2D eigenvalue weighted by Crippen LogP contribution is -2.26. The lowest BCUT2D eigenvalue weighted by Gasteiger charge is -2.37. The van der Waals surface area contributed by atoms with Crippen LogP contribution in [0.5, 0.6) is 0 Å². The summed E-state index contributed by atoms with van der Waals surface area (Å²) in [5.74, 6) is 4.72. The molecule has 1 heteroatoms. The zero-order valence-corrected chi connectivity index (χ0v) is 16.9. The van der Waals surface area contributed by atoms with Crippen LogP contribution in [0.25, 0.3) is 0 Å². The number of hydrogen-bond acceptors (Lipinski definition) is 1. The Morgan fingerprint density at radius 2 is 1.32 bits per heavy atom. The molecular weight excluding hydrogens is 304 g/mol. The van der Waals surface area contributed by atoms with E-state index < -0.39 is 0 Å². The highest BCUT2D eigenvalue weighted by Gasteiger charge is 2.30. The van der Waals surface area contributed by atoms with Crippen molar-refractivity contribution in [1.29, 1.82) is 0 Å². The van der Waals surface area contributed by atoms with Crippen LogP contribution >= 0.6 is 0 Å². The smallest absolute Gasteiger partial charge is 0.0573 e. The first-order chi connectivity index (χ1) is 12.3. The molecule has 1 nitrogen and oxygen atoms in total. The predicted octanol–water partition coefficient (Wildman–Crippen LogP) is 7.16. The van der Waals surface area contributed by atoms with Crippen molar-refractivity contribution in [2.24, 2.45) is 29.6 Å². The van der Waals surface area contributed by atoms with Crippen molar-refractivity contribution in [3.8, 4) is 0 Å². The zero-order valence-electron chi connectivity index (χ0n) is 16.9. The van der Waals surface area contributed by atoms with Gasteiger partial charge in [0.1, 0.15) is 0 Å². The van der Waals surface area contributed by atoms with Crippen LogP contribution in [-0.2, 0) is 4.74 Å². The van der Waals surface area contributed by atoms with Crippen LogP contribution < -0.4 is 0 Å². The van der Waals surface area contributed by atoms with Gasteiger partial charge in [0.25, 0.3) is 0 Å². The molecule has 1 saturated heterocycles. The summed E-state index contributed by atoms with van der Waals surface area (Å²) in [5.41, 5.74) is 0. The number of allylic oxidation sites excluding steroid dienone is 1. The van der Waals surface area contributed by atoms with Gasteiger partial charge in [-0.2, -0.15) is 0 Å². The highest BCUT2D eigenvalue weighted by Crippen LogP contribution is 2.42. The molecule has 0 radical (unpaired) electrons. The zero-order chi connectivity index (χ0) is 17.5. The summed E-state index contributed by atoms with van der Waals surface area (Å²) in [6, 6.07) is 0. The maximum Gasteiger partial charge on any atom is 0.0573 e.